The van der Waals surface area contributed by atoms with Crippen LogP contribution < -0.4 is 10.6 Å². The zero-order valence-corrected chi connectivity index (χ0v) is 23.6. The van der Waals surface area contributed by atoms with E-state index in [0.29, 0.717) is 11.1 Å². The van der Waals surface area contributed by atoms with Gasteiger partial charge in [-0.1, -0.05) is 87.0 Å². The van der Waals surface area contributed by atoms with Gasteiger partial charge < -0.3 is 15.7 Å². The molecule has 8 heteroatoms. The molecular formula is C33H30ClFN2O4. The van der Waals surface area contributed by atoms with E-state index in [-0.39, 0.29) is 34.0 Å². The van der Waals surface area contributed by atoms with Crippen molar-refractivity contribution in [2.24, 2.45) is 0 Å². The number of hydrogen-bond acceptors (Lipinski definition) is 3. The lowest BCUT2D eigenvalue weighted by Gasteiger charge is -2.19. The molecule has 0 aliphatic rings. The van der Waals surface area contributed by atoms with Crippen LogP contribution in [0.15, 0.2) is 91.0 Å². The molecule has 4 aromatic rings. The smallest absolute Gasteiger partial charge is 0.326 e. The standard InChI is InChI=1S/C33H30ClFN2O4/c1-33(2,3)24-15-12-22(13-16-24)30(38)36-28-7-5-4-6-25(28)31(39)37-29(32(40)41)18-20-8-10-21(11-9-20)23-14-17-27(35)26(34)19-23/h4-17,19,29H,18H2,1-3H3,(H,36,38)(H,37,39)(H,40,41). The molecule has 210 valence electrons. The summed E-state index contributed by atoms with van der Waals surface area (Å²) in [5, 5.41) is 15.2. The number of halogens is 2. The van der Waals surface area contributed by atoms with Gasteiger partial charge in [-0.05, 0) is 64.1 Å². The fourth-order valence-electron chi connectivity index (χ4n) is 4.29. The Labute approximate surface area is 243 Å². The van der Waals surface area contributed by atoms with Crippen LogP contribution in [0.2, 0.25) is 5.02 Å². The van der Waals surface area contributed by atoms with E-state index in [2.05, 4.69) is 31.4 Å². The molecule has 0 aromatic heterocycles. The van der Waals surface area contributed by atoms with E-state index in [0.717, 1.165) is 16.7 Å². The molecule has 0 aliphatic heterocycles. The van der Waals surface area contributed by atoms with Crippen LogP contribution >= 0.6 is 11.6 Å². The highest BCUT2D eigenvalue weighted by molar-refractivity contribution is 6.31. The van der Waals surface area contributed by atoms with Crippen molar-refractivity contribution in [3.8, 4) is 11.1 Å². The van der Waals surface area contributed by atoms with Gasteiger partial charge in [0.25, 0.3) is 11.8 Å². The molecule has 0 heterocycles. The molecule has 6 nitrogen and oxygen atoms in total. The molecule has 0 aliphatic carbocycles. The number of carbonyl (C=O) groups is 3. The van der Waals surface area contributed by atoms with Crippen LogP contribution in [-0.2, 0) is 16.6 Å². The van der Waals surface area contributed by atoms with Gasteiger partial charge in [0.05, 0.1) is 16.3 Å². The van der Waals surface area contributed by atoms with Crippen molar-refractivity contribution in [1.29, 1.82) is 0 Å². The van der Waals surface area contributed by atoms with Gasteiger partial charge in [-0.15, -0.1) is 0 Å². The number of carbonyl (C=O) groups excluding carboxylic acids is 2. The maximum absolute atomic E-state index is 13.5. The molecule has 3 N–H and O–H groups in total. The summed E-state index contributed by atoms with van der Waals surface area (Å²) in [6, 6.07) is 23.9. The Morgan fingerprint density at radius 3 is 2.10 bits per heavy atom. The lowest BCUT2D eigenvalue weighted by Crippen LogP contribution is -2.42. The van der Waals surface area contributed by atoms with Gasteiger partial charge in [0.15, 0.2) is 0 Å². The highest BCUT2D eigenvalue weighted by Gasteiger charge is 2.23. The lowest BCUT2D eigenvalue weighted by atomic mass is 9.86. The monoisotopic (exact) mass is 572 g/mol. The first kappa shape index (κ1) is 29.5. The largest absolute Gasteiger partial charge is 0.480 e. The molecule has 1 atom stereocenters. The fourth-order valence-corrected chi connectivity index (χ4v) is 4.47. The molecular weight excluding hydrogens is 543 g/mol. The number of para-hydroxylation sites is 1. The second-order valence-corrected chi connectivity index (χ2v) is 11.1. The molecule has 0 fully saturated rings. The van der Waals surface area contributed by atoms with Crippen molar-refractivity contribution in [1.82, 2.24) is 5.32 Å². The average molecular weight is 573 g/mol. The second kappa shape index (κ2) is 12.4. The molecule has 0 spiro atoms. The van der Waals surface area contributed by atoms with Gasteiger partial charge in [0.2, 0.25) is 0 Å². The minimum Gasteiger partial charge on any atom is -0.480 e. The number of amides is 2. The third-order valence-corrected chi connectivity index (χ3v) is 6.97. The highest BCUT2D eigenvalue weighted by Crippen LogP contribution is 2.26. The van der Waals surface area contributed by atoms with Crippen molar-refractivity contribution in [3.63, 3.8) is 0 Å². The molecule has 2 amide bonds. The quantitative estimate of drug-likeness (QED) is 0.209. The maximum atomic E-state index is 13.5. The number of carboxylic acid groups (broad SMARTS) is 1. The molecule has 0 bridgehead atoms. The van der Waals surface area contributed by atoms with Crippen molar-refractivity contribution in [3.05, 3.63) is 124 Å². The van der Waals surface area contributed by atoms with Crippen LogP contribution in [0.25, 0.3) is 11.1 Å². The SMILES string of the molecule is CC(C)(C)c1ccc(C(=O)Nc2ccccc2C(=O)NC(Cc2ccc(-c3ccc(F)c(Cl)c3)cc2)C(=O)O)cc1. The van der Waals surface area contributed by atoms with Crippen molar-refractivity contribution in [2.45, 2.75) is 38.6 Å². The van der Waals surface area contributed by atoms with E-state index >= 15 is 0 Å². The topological polar surface area (TPSA) is 95.5 Å². The molecule has 0 saturated carbocycles. The Hall–Kier alpha value is -4.49. The third-order valence-electron chi connectivity index (χ3n) is 6.68. The predicted octanol–water partition coefficient (Wildman–Crippen LogP) is 7.12. The molecule has 0 radical (unpaired) electrons. The van der Waals surface area contributed by atoms with Crippen LogP contribution in [0.1, 0.15) is 52.6 Å². The van der Waals surface area contributed by atoms with Gasteiger partial charge >= 0.3 is 5.97 Å². The summed E-state index contributed by atoms with van der Waals surface area (Å²) in [5.74, 6) is -2.73. The van der Waals surface area contributed by atoms with Gasteiger partial charge in [-0.2, -0.15) is 0 Å². The number of hydrogen-bond donors (Lipinski definition) is 3. The van der Waals surface area contributed by atoms with Crippen LogP contribution in [0.4, 0.5) is 10.1 Å². The molecule has 4 rings (SSSR count). The summed E-state index contributed by atoms with van der Waals surface area (Å²) in [7, 11) is 0. The third kappa shape index (κ3) is 7.38. The van der Waals surface area contributed by atoms with E-state index in [1.807, 2.05) is 12.1 Å². The normalized spacial score (nSPS) is 11.9. The number of nitrogens with one attached hydrogen (secondary N) is 2. The summed E-state index contributed by atoms with van der Waals surface area (Å²) in [4.78, 5) is 38.1. The minimum absolute atomic E-state index is 0.00939. The number of carboxylic acids is 1. The zero-order chi connectivity index (χ0) is 29.7. The summed E-state index contributed by atoms with van der Waals surface area (Å²) in [5.41, 5.74) is 4.04. The first-order valence-corrected chi connectivity index (χ1v) is 13.4. The Bertz CT molecular complexity index is 1580. The molecule has 0 saturated heterocycles. The Balaban J connectivity index is 1.46. The van der Waals surface area contributed by atoms with E-state index in [4.69, 9.17) is 11.6 Å². The Morgan fingerprint density at radius 1 is 0.854 bits per heavy atom. The zero-order valence-electron chi connectivity index (χ0n) is 22.9. The van der Waals surface area contributed by atoms with Crippen LogP contribution in [0, 0.1) is 5.82 Å². The van der Waals surface area contributed by atoms with E-state index in [9.17, 15) is 23.9 Å². The van der Waals surface area contributed by atoms with Crippen molar-refractivity contribution in [2.75, 3.05) is 5.32 Å². The lowest BCUT2D eigenvalue weighted by molar-refractivity contribution is -0.139. The number of anilines is 1. The van der Waals surface area contributed by atoms with Gasteiger partial charge in [-0.25, -0.2) is 9.18 Å². The van der Waals surface area contributed by atoms with E-state index in [1.54, 1.807) is 60.7 Å². The van der Waals surface area contributed by atoms with Gasteiger partial charge in [0.1, 0.15) is 11.9 Å². The number of benzene rings is 4. The summed E-state index contributed by atoms with van der Waals surface area (Å²) in [6.07, 6.45) is 0.0280. The predicted molar refractivity (Wildman–Crippen MR) is 159 cm³/mol. The summed E-state index contributed by atoms with van der Waals surface area (Å²) in [6.45, 7) is 6.25. The van der Waals surface area contributed by atoms with E-state index < -0.39 is 23.7 Å². The van der Waals surface area contributed by atoms with Crippen molar-refractivity contribution >= 4 is 35.1 Å². The maximum Gasteiger partial charge on any atom is 0.326 e. The number of rotatable bonds is 8. The molecule has 41 heavy (non-hydrogen) atoms. The van der Waals surface area contributed by atoms with Crippen LogP contribution in [0.3, 0.4) is 0 Å². The van der Waals surface area contributed by atoms with Crippen LogP contribution in [-0.4, -0.2) is 28.9 Å². The fraction of sp³-hybridized carbons (Fsp3) is 0.182. The number of aliphatic carboxylic acids is 1. The average Bonchev–Trinajstić information content (AvgIpc) is 2.94. The Kier molecular flexibility index (Phi) is 8.89. The van der Waals surface area contributed by atoms with E-state index in [1.165, 1.54) is 18.2 Å². The minimum atomic E-state index is -1.22. The second-order valence-electron chi connectivity index (χ2n) is 10.7. The molecule has 1 unspecified atom stereocenters. The van der Waals surface area contributed by atoms with Crippen molar-refractivity contribution < 1.29 is 23.9 Å². The summed E-state index contributed by atoms with van der Waals surface area (Å²) < 4.78 is 13.5. The van der Waals surface area contributed by atoms with Crippen LogP contribution in [0.5, 0.6) is 0 Å². The first-order valence-electron chi connectivity index (χ1n) is 13.0. The first-order chi connectivity index (χ1) is 19.4. The molecule has 4 aromatic carbocycles. The van der Waals surface area contributed by atoms with Gasteiger partial charge in [0, 0.05) is 12.0 Å². The van der Waals surface area contributed by atoms with Gasteiger partial charge in [-0.3, -0.25) is 9.59 Å². The summed E-state index contributed by atoms with van der Waals surface area (Å²) >= 11 is 5.88. The Morgan fingerprint density at radius 2 is 1.49 bits per heavy atom. The highest BCUT2D eigenvalue weighted by atomic mass is 35.5.